The zero-order chi connectivity index (χ0) is 11.4. The van der Waals surface area contributed by atoms with Crippen molar-refractivity contribution in [3.8, 4) is 0 Å². The van der Waals surface area contributed by atoms with Crippen molar-refractivity contribution in [2.45, 2.75) is 65.6 Å². The normalized spacial score (nSPS) is 27.2. The van der Waals surface area contributed by atoms with Crippen LogP contribution in [0.5, 0.6) is 0 Å². The zero-order valence-corrected chi connectivity index (χ0v) is 11.1. The minimum absolute atomic E-state index is 0.619. The molecule has 3 unspecified atom stereocenters. The van der Waals surface area contributed by atoms with Gasteiger partial charge in [0.2, 0.25) is 0 Å². The van der Waals surface area contributed by atoms with Gasteiger partial charge in [0, 0.05) is 31.2 Å². The summed E-state index contributed by atoms with van der Waals surface area (Å²) < 4.78 is 0. The SMILES string of the molecule is CCC(C)C(C)N1CCC(NC(C)C)C1. The van der Waals surface area contributed by atoms with Gasteiger partial charge in [-0.05, 0) is 19.3 Å². The fourth-order valence-electron chi connectivity index (χ4n) is 2.47. The highest BCUT2D eigenvalue weighted by Gasteiger charge is 2.27. The molecule has 1 aliphatic heterocycles. The number of hydrogen-bond acceptors (Lipinski definition) is 2. The molecule has 0 aliphatic carbocycles. The molecule has 3 atom stereocenters. The molecular weight excluding hydrogens is 184 g/mol. The number of rotatable bonds is 5. The minimum atomic E-state index is 0.619. The molecule has 1 fully saturated rings. The van der Waals surface area contributed by atoms with E-state index < -0.39 is 0 Å². The van der Waals surface area contributed by atoms with Crippen LogP contribution in [0.2, 0.25) is 0 Å². The van der Waals surface area contributed by atoms with Crippen molar-refractivity contribution in [1.82, 2.24) is 10.2 Å². The Morgan fingerprint density at radius 1 is 1.27 bits per heavy atom. The lowest BCUT2D eigenvalue weighted by molar-refractivity contribution is 0.190. The first-order valence-electron chi connectivity index (χ1n) is 6.54. The minimum Gasteiger partial charge on any atom is -0.310 e. The van der Waals surface area contributed by atoms with Crippen LogP contribution >= 0.6 is 0 Å². The maximum atomic E-state index is 3.64. The predicted octanol–water partition coefficient (Wildman–Crippen LogP) is 2.49. The van der Waals surface area contributed by atoms with E-state index in [9.17, 15) is 0 Å². The van der Waals surface area contributed by atoms with E-state index in [2.05, 4.69) is 44.8 Å². The third-order valence-electron chi connectivity index (χ3n) is 3.83. The van der Waals surface area contributed by atoms with E-state index in [1.54, 1.807) is 0 Å². The van der Waals surface area contributed by atoms with Crippen LogP contribution in [0, 0.1) is 5.92 Å². The molecule has 1 N–H and O–H groups in total. The summed E-state index contributed by atoms with van der Waals surface area (Å²) in [6.45, 7) is 14.0. The summed E-state index contributed by atoms with van der Waals surface area (Å²) in [7, 11) is 0. The van der Waals surface area contributed by atoms with Crippen molar-refractivity contribution >= 4 is 0 Å². The Morgan fingerprint density at radius 3 is 2.47 bits per heavy atom. The van der Waals surface area contributed by atoms with Gasteiger partial charge in [-0.3, -0.25) is 4.90 Å². The van der Waals surface area contributed by atoms with Crippen molar-refractivity contribution in [3.63, 3.8) is 0 Å². The van der Waals surface area contributed by atoms with Gasteiger partial charge in [0.1, 0.15) is 0 Å². The molecule has 2 heteroatoms. The molecule has 0 aromatic heterocycles. The summed E-state index contributed by atoms with van der Waals surface area (Å²) in [4.78, 5) is 2.65. The van der Waals surface area contributed by atoms with Crippen LogP contribution in [-0.4, -0.2) is 36.1 Å². The Hall–Kier alpha value is -0.0800. The molecule has 0 bridgehead atoms. The van der Waals surface area contributed by atoms with Crippen LogP contribution in [0.15, 0.2) is 0 Å². The number of likely N-dealkylation sites (tertiary alicyclic amines) is 1. The average molecular weight is 212 g/mol. The molecule has 15 heavy (non-hydrogen) atoms. The smallest absolute Gasteiger partial charge is 0.0209 e. The highest BCUT2D eigenvalue weighted by atomic mass is 15.2. The predicted molar refractivity (Wildman–Crippen MR) is 67.2 cm³/mol. The fraction of sp³-hybridized carbons (Fsp3) is 1.00. The van der Waals surface area contributed by atoms with Crippen LogP contribution in [0.1, 0.15) is 47.5 Å². The summed E-state index contributed by atoms with van der Waals surface area (Å²) in [6, 6.07) is 2.08. The summed E-state index contributed by atoms with van der Waals surface area (Å²) in [5, 5.41) is 3.64. The highest BCUT2D eigenvalue weighted by molar-refractivity contribution is 4.86. The maximum absolute atomic E-state index is 3.64. The third kappa shape index (κ3) is 3.76. The van der Waals surface area contributed by atoms with Crippen molar-refractivity contribution in [2.75, 3.05) is 13.1 Å². The number of nitrogens with one attached hydrogen (secondary N) is 1. The first kappa shape index (κ1) is 13.0. The molecule has 90 valence electrons. The van der Waals surface area contributed by atoms with Crippen LogP contribution in [-0.2, 0) is 0 Å². The van der Waals surface area contributed by atoms with E-state index in [0.29, 0.717) is 6.04 Å². The summed E-state index contributed by atoms with van der Waals surface area (Å²) in [6.07, 6.45) is 2.61. The lowest BCUT2D eigenvalue weighted by Crippen LogP contribution is -2.40. The molecular formula is C13H28N2. The van der Waals surface area contributed by atoms with E-state index in [-0.39, 0.29) is 0 Å². The largest absolute Gasteiger partial charge is 0.310 e. The van der Waals surface area contributed by atoms with Gasteiger partial charge >= 0.3 is 0 Å². The van der Waals surface area contributed by atoms with Gasteiger partial charge in [-0.25, -0.2) is 0 Å². The molecule has 0 amide bonds. The van der Waals surface area contributed by atoms with E-state index in [1.807, 2.05) is 0 Å². The quantitative estimate of drug-likeness (QED) is 0.753. The van der Waals surface area contributed by atoms with Gasteiger partial charge in [0.15, 0.2) is 0 Å². The Labute approximate surface area is 95.4 Å². The summed E-state index contributed by atoms with van der Waals surface area (Å²) in [5.74, 6) is 0.822. The van der Waals surface area contributed by atoms with Crippen molar-refractivity contribution in [2.24, 2.45) is 5.92 Å². The molecule has 0 saturated carbocycles. The lowest BCUT2D eigenvalue weighted by Gasteiger charge is -2.29. The molecule has 0 radical (unpaired) electrons. The van der Waals surface area contributed by atoms with E-state index >= 15 is 0 Å². The van der Waals surface area contributed by atoms with Gasteiger partial charge < -0.3 is 5.32 Å². The lowest BCUT2D eigenvalue weighted by atomic mass is 10.00. The molecule has 0 spiro atoms. The Bertz CT molecular complexity index is 179. The van der Waals surface area contributed by atoms with E-state index in [0.717, 1.165) is 18.0 Å². The standard InChI is InChI=1S/C13H28N2/c1-6-11(4)12(5)15-8-7-13(9-15)14-10(2)3/h10-14H,6-9H2,1-5H3. The van der Waals surface area contributed by atoms with Gasteiger partial charge in [-0.2, -0.15) is 0 Å². The molecule has 0 aromatic rings. The summed E-state index contributed by atoms with van der Waals surface area (Å²) in [5.41, 5.74) is 0. The first-order valence-corrected chi connectivity index (χ1v) is 6.54. The Kier molecular flexibility index (Phi) is 5.07. The zero-order valence-electron chi connectivity index (χ0n) is 11.1. The van der Waals surface area contributed by atoms with Gasteiger partial charge in [-0.1, -0.05) is 34.1 Å². The van der Waals surface area contributed by atoms with Crippen LogP contribution in [0.3, 0.4) is 0 Å². The van der Waals surface area contributed by atoms with Crippen LogP contribution < -0.4 is 5.32 Å². The third-order valence-corrected chi connectivity index (χ3v) is 3.83. The van der Waals surface area contributed by atoms with Gasteiger partial charge in [0.05, 0.1) is 0 Å². The molecule has 1 aliphatic rings. The van der Waals surface area contributed by atoms with E-state index in [4.69, 9.17) is 0 Å². The second-order valence-corrected chi connectivity index (χ2v) is 5.43. The molecule has 0 aromatic carbocycles. The van der Waals surface area contributed by atoms with Crippen molar-refractivity contribution in [3.05, 3.63) is 0 Å². The first-order chi connectivity index (χ1) is 7.04. The molecule has 1 saturated heterocycles. The van der Waals surface area contributed by atoms with Crippen molar-refractivity contribution < 1.29 is 0 Å². The highest BCUT2D eigenvalue weighted by Crippen LogP contribution is 2.19. The Morgan fingerprint density at radius 2 is 1.93 bits per heavy atom. The monoisotopic (exact) mass is 212 g/mol. The van der Waals surface area contributed by atoms with Crippen LogP contribution in [0.25, 0.3) is 0 Å². The second-order valence-electron chi connectivity index (χ2n) is 5.43. The van der Waals surface area contributed by atoms with E-state index in [1.165, 1.54) is 25.9 Å². The average Bonchev–Trinajstić information content (AvgIpc) is 2.63. The molecule has 1 rings (SSSR count). The number of hydrogen-bond donors (Lipinski definition) is 1. The molecule has 1 heterocycles. The second kappa shape index (κ2) is 5.86. The summed E-state index contributed by atoms with van der Waals surface area (Å²) >= 11 is 0. The van der Waals surface area contributed by atoms with Gasteiger partial charge in [0.25, 0.3) is 0 Å². The Balaban J connectivity index is 2.35. The van der Waals surface area contributed by atoms with Crippen LogP contribution in [0.4, 0.5) is 0 Å². The maximum Gasteiger partial charge on any atom is 0.0209 e. The van der Waals surface area contributed by atoms with Gasteiger partial charge in [-0.15, -0.1) is 0 Å². The van der Waals surface area contributed by atoms with Crippen molar-refractivity contribution in [1.29, 1.82) is 0 Å². The number of nitrogens with zero attached hydrogens (tertiary/aromatic N) is 1. The fourth-order valence-corrected chi connectivity index (χ4v) is 2.47. The topological polar surface area (TPSA) is 15.3 Å². The molecule has 2 nitrogen and oxygen atoms in total.